The Labute approximate surface area is 234 Å². The minimum atomic E-state index is -0.455. The third kappa shape index (κ3) is 7.64. The van der Waals surface area contributed by atoms with Gasteiger partial charge in [0, 0.05) is 6.54 Å². The van der Waals surface area contributed by atoms with Gasteiger partial charge in [-0.05, 0) is 68.4 Å². The number of esters is 1. The molecule has 2 N–H and O–H groups in total. The highest BCUT2D eigenvalue weighted by Gasteiger charge is 2.32. The van der Waals surface area contributed by atoms with E-state index in [2.05, 4.69) is 10.6 Å². The van der Waals surface area contributed by atoms with Crippen LogP contribution in [0.2, 0.25) is 5.02 Å². The van der Waals surface area contributed by atoms with Crippen molar-refractivity contribution >= 4 is 40.9 Å². The molecule has 39 heavy (non-hydrogen) atoms. The van der Waals surface area contributed by atoms with E-state index in [-0.39, 0.29) is 36.4 Å². The number of amides is 3. The van der Waals surface area contributed by atoms with Crippen molar-refractivity contribution in [2.75, 3.05) is 38.0 Å². The van der Waals surface area contributed by atoms with Crippen LogP contribution in [-0.4, -0.2) is 62.3 Å². The molecule has 1 atom stereocenters. The van der Waals surface area contributed by atoms with Crippen molar-refractivity contribution in [2.24, 2.45) is 5.92 Å². The molecular formula is C29H36ClN3O6. The predicted octanol–water partition coefficient (Wildman–Crippen LogP) is 5.27. The lowest BCUT2D eigenvalue weighted by Gasteiger charge is -2.30. The normalized spacial score (nSPS) is 20.8. The number of nitrogens with one attached hydrogen (secondary N) is 2. The van der Waals surface area contributed by atoms with Gasteiger partial charge >= 0.3 is 12.0 Å². The minimum Gasteiger partial charge on any atom is -0.495 e. The topological polar surface area (TPSA) is 106 Å². The van der Waals surface area contributed by atoms with E-state index < -0.39 is 6.03 Å². The smallest absolute Gasteiger partial charge is 0.323 e. The van der Waals surface area contributed by atoms with Crippen molar-refractivity contribution in [3.05, 3.63) is 53.1 Å². The van der Waals surface area contributed by atoms with Gasteiger partial charge in [0.05, 0.1) is 61.7 Å². The van der Waals surface area contributed by atoms with Gasteiger partial charge in [-0.25, -0.2) is 4.79 Å². The van der Waals surface area contributed by atoms with Crippen LogP contribution in [0.25, 0.3) is 0 Å². The number of halogens is 1. The number of nitrogens with zero attached hydrogens (tertiary/aromatic N) is 1. The second kappa shape index (κ2) is 13.7. The number of anilines is 2. The maximum atomic E-state index is 13.2. The van der Waals surface area contributed by atoms with Crippen molar-refractivity contribution < 1.29 is 28.6 Å². The number of likely N-dealkylation sites (tertiary alicyclic amines) is 1. The van der Waals surface area contributed by atoms with Crippen molar-refractivity contribution in [1.82, 2.24) is 4.90 Å². The summed E-state index contributed by atoms with van der Waals surface area (Å²) in [5.41, 5.74) is 1.77. The fourth-order valence-electron chi connectivity index (χ4n) is 5.28. The van der Waals surface area contributed by atoms with Crippen LogP contribution in [0.3, 0.4) is 0 Å². The Balaban J connectivity index is 1.29. The summed E-state index contributed by atoms with van der Waals surface area (Å²) in [5, 5.41) is 5.92. The SMILES string of the molecule is COC(=O)C1CCC(OC[C@@H]2CCCN2C(=O)Cc2ccc(NC(=O)Nc3ccccc3Cl)c(OC)c2)CC1. The highest BCUT2D eigenvalue weighted by molar-refractivity contribution is 6.33. The maximum absolute atomic E-state index is 13.2. The van der Waals surface area contributed by atoms with Gasteiger partial charge in [-0.3, -0.25) is 9.59 Å². The number of rotatable bonds is 9. The number of urea groups is 1. The molecule has 2 fully saturated rings. The highest BCUT2D eigenvalue weighted by atomic mass is 35.5. The molecule has 0 spiro atoms. The molecule has 9 nitrogen and oxygen atoms in total. The molecule has 1 saturated carbocycles. The lowest BCUT2D eigenvalue weighted by molar-refractivity contribution is -0.148. The van der Waals surface area contributed by atoms with Crippen LogP contribution < -0.4 is 15.4 Å². The van der Waals surface area contributed by atoms with Crippen LogP contribution in [0, 0.1) is 5.92 Å². The van der Waals surface area contributed by atoms with Gasteiger partial charge in [-0.2, -0.15) is 0 Å². The molecule has 2 aromatic carbocycles. The predicted molar refractivity (Wildman–Crippen MR) is 149 cm³/mol. The van der Waals surface area contributed by atoms with E-state index in [1.807, 2.05) is 11.0 Å². The lowest BCUT2D eigenvalue weighted by atomic mass is 9.87. The Hall–Kier alpha value is -3.30. The first-order valence-corrected chi connectivity index (χ1v) is 13.7. The Morgan fingerprint density at radius 1 is 0.974 bits per heavy atom. The summed E-state index contributed by atoms with van der Waals surface area (Å²) in [7, 11) is 2.95. The van der Waals surface area contributed by atoms with E-state index in [1.165, 1.54) is 14.2 Å². The third-order valence-corrected chi connectivity index (χ3v) is 7.75. The van der Waals surface area contributed by atoms with Crippen LogP contribution in [0.5, 0.6) is 5.75 Å². The average Bonchev–Trinajstić information content (AvgIpc) is 3.43. The molecule has 2 aliphatic rings. The Kier molecular flexibility index (Phi) is 10.1. The van der Waals surface area contributed by atoms with Gasteiger partial charge in [-0.15, -0.1) is 0 Å². The molecule has 0 aromatic heterocycles. The zero-order valence-corrected chi connectivity index (χ0v) is 23.2. The molecule has 0 bridgehead atoms. The van der Waals surface area contributed by atoms with Crippen molar-refractivity contribution in [2.45, 2.75) is 57.1 Å². The number of carbonyl (C=O) groups excluding carboxylic acids is 3. The van der Waals surface area contributed by atoms with E-state index in [0.29, 0.717) is 35.3 Å². The van der Waals surface area contributed by atoms with Gasteiger partial charge in [0.2, 0.25) is 5.91 Å². The largest absolute Gasteiger partial charge is 0.495 e. The molecule has 1 aliphatic heterocycles. The quantitative estimate of drug-likeness (QED) is 0.407. The van der Waals surface area contributed by atoms with Crippen molar-refractivity contribution in [3.63, 3.8) is 0 Å². The Bertz CT molecular complexity index is 1170. The number of hydrogen-bond donors (Lipinski definition) is 2. The Morgan fingerprint density at radius 3 is 2.44 bits per heavy atom. The van der Waals surface area contributed by atoms with Crippen LogP contribution in [0.4, 0.5) is 16.2 Å². The van der Waals surface area contributed by atoms with Crippen LogP contribution in [-0.2, 0) is 25.5 Å². The van der Waals surface area contributed by atoms with Crippen LogP contribution in [0.15, 0.2) is 42.5 Å². The average molecular weight is 558 g/mol. The fraction of sp³-hybridized carbons (Fsp3) is 0.483. The molecule has 3 amide bonds. The molecule has 10 heteroatoms. The lowest BCUT2D eigenvalue weighted by Crippen LogP contribution is -2.40. The minimum absolute atomic E-state index is 0.0327. The molecule has 1 heterocycles. The number of para-hydroxylation sites is 1. The van der Waals surface area contributed by atoms with E-state index in [9.17, 15) is 14.4 Å². The number of methoxy groups -OCH3 is 2. The van der Waals surface area contributed by atoms with Gasteiger partial charge in [0.1, 0.15) is 5.75 Å². The summed E-state index contributed by atoms with van der Waals surface area (Å²) in [5.74, 6) is 0.324. The standard InChI is InChI=1S/C29H36ClN3O6/c1-37-26-16-19(9-14-25(26)32-29(36)31-24-8-4-3-7-23(24)30)17-27(34)33-15-5-6-21(33)18-39-22-12-10-20(11-13-22)28(35)38-2/h3-4,7-9,14,16,20-22H,5-6,10-13,15,17-18H2,1-2H3,(H2,31,32,36)/t20?,21-,22?/m0/s1. The third-order valence-electron chi connectivity index (χ3n) is 7.42. The molecular weight excluding hydrogens is 522 g/mol. The summed E-state index contributed by atoms with van der Waals surface area (Å²) in [6.45, 7) is 1.22. The second-order valence-electron chi connectivity index (χ2n) is 9.98. The number of hydrogen-bond acceptors (Lipinski definition) is 6. The van der Waals surface area contributed by atoms with E-state index >= 15 is 0 Å². The van der Waals surface area contributed by atoms with Crippen molar-refractivity contribution in [3.8, 4) is 5.75 Å². The zero-order valence-electron chi connectivity index (χ0n) is 22.4. The number of benzene rings is 2. The second-order valence-corrected chi connectivity index (χ2v) is 10.4. The summed E-state index contributed by atoms with van der Waals surface area (Å²) in [6, 6.07) is 11.9. The highest BCUT2D eigenvalue weighted by Crippen LogP contribution is 2.30. The first-order valence-electron chi connectivity index (χ1n) is 13.4. The Morgan fingerprint density at radius 2 is 1.72 bits per heavy atom. The first kappa shape index (κ1) is 28.7. The van der Waals surface area contributed by atoms with E-state index in [0.717, 1.165) is 44.1 Å². The molecule has 2 aromatic rings. The van der Waals surface area contributed by atoms with Gasteiger partial charge < -0.3 is 29.7 Å². The molecule has 0 radical (unpaired) electrons. The molecule has 4 rings (SSSR count). The fourth-order valence-corrected chi connectivity index (χ4v) is 5.46. The van der Waals surface area contributed by atoms with Crippen molar-refractivity contribution in [1.29, 1.82) is 0 Å². The van der Waals surface area contributed by atoms with Gasteiger partial charge in [0.15, 0.2) is 0 Å². The summed E-state index contributed by atoms with van der Waals surface area (Å²) in [6.07, 6.45) is 5.41. The molecule has 0 unspecified atom stereocenters. The maximum Gasteiger partial charge on any atom is 0.323 e. The van der Waals surface area contributed by atoms with E-state index in [1.54, 1.807) is 36.4 Å². The molecule has 1 saturated heterocycles. The molecule has 1 aliphatic carbocycles. The zero-order chi connectivity index (χ0) is 27.8. The van der Waals surface area contributed by atoms with Gasteiger partial charge in [-0.1, -0.05) is 29.8 Å². The number of carbonyl (C=O) groups is 3. The van der Waals surface area contributed by atoms with E-state index in [4.69, 9.17) is 25.8 Å². The summed E-state index contributed by atoms with van der Waals surface area (Å²) < 4.78 is 16.5. The first-order chi connectivity index (χ1) is 18.9. The molecule has 210 valence electrons. The summed E-state index contributed by atoms with van der Waals surface area (Å²) in [4.78, 5) is 39.4. The summed E-state index contributed by atoms with van der Waals surface area (Å²) >= 11 is 6.12. The van der Waals surface area contributed by atoms with Gasteiger partial charge in [0.25, 0.3) is 0 Å². The monoisotopic (exact) mass is 557 g/mol. The van der Waals surface area contributed by atoms with Crippen LogP contribution >= 0.6 is 11.6 Å². The van der Waals surface area contributed by atoms with Crippen LogP contribution in [0.1, 0.15) is 44.1 Å². The number of ether oxygens (including phenoxy) is 3.